The van der Waals surface area contributed by atoms with Crippen LogP contribution in [0.3, 0.4) is 0 Å². The zero-order valence-electron chi connectivity index (χ0n) is 31.0. The standard InChI is InChI=1S/C45H47N3O7/c1-4-6-21-37(50)46-29(3)40(32-18-11-8-12-19-32)54-44(53)38-36-24-25-45(55-36)39(38)42(51)48(35(28-49)31-16-9-7-10-17-31)41(45)43(52)47(26-5-2)34-23-22-30-15-13-14-20-33(30)27-34/h4-5,7-20,22-23,27,29,35-36,38-41,49H,1-2,6,21,24-26,28H2,3H3,(H,46,50)/t29-,35+,36+,38-,39-,40-,41+,45-/m0/s1. The predicted molar refractivity (Wildman–Crippen MR) is 210 cm³/mol. The van der Waals surface area contributed by atoms with E-state index in [-0.39, 0.29) is 18.9 Å². The summed E-state index contributed by atoms with van der Waals surface area (Å²) in [5, 5.41) is 15.9. The van der Waals surface area contributed by atoms with Gasteiger partial charge in [0.2, 0.25) is 11.8 Å². The molecular weight excluding hydrogens is 695 g/mol. The van der Waals surface area contributed by atoms with Crippen molar-refractivity contribution in [3.8, 4) is 0 Å². The molecule has 0 unspecified atom stereocenters. The molecule has 3 aliphatic rings. The number of carbonyl (C=O) groups is 4. The number of hydrogen-bond donors (Lipinski definition) is 2. The number of allylic oxidation sites excluding steroid dienone is 1. The van der Waals surface area contributed by atoms with E-state index in [0.29, 0.717) is 36.1 Å². The number of esters is 1. The normalized spacial score (nSPS) is 24.1. The molecule has 10 heteroatoms. The first-order valence-electron chi connectivity index (χ1n) is 18.9. The molecule has 4 aromatic rings. The molecule has 0 saturated carbocycles. The average molecular weight is 742 g/mol. The van der Waals surface area contributed by atoms with Gasteiger partial charge in [-0.1, -0.05) is 103 Å². The lowest BCUT2D eigenvalue weighted by Gasteiger charge is -2.39. The molecule has 284 valence electrons. The molecule has 0 radical (unpaired) electrons. The van der Waals surface area contributed by atoms with E-state index in [0.717, 1.165) is 10.8 Å². The highest BCUT2D eigenvalue weighted by Crippen LogP contribution is 2.60. The van der Waals surface area contributed by atoms with Crippen LogP contribution in [0.4, 0.5) is 5.69 Å². The van der Waals surface area contributed by atoms with Gasteiger partial charge < -0.3 is 29.7 Å². The highest BCUT2D eigenvalue weighted by atomic mass is 16.6. The summed E-state index contributed by atoms with van der Waals surface area (Å²) < 4.78 is 13.1. The van der Waals surface area contributed by atoms with E-state index in [1.165, 1.54) is 4.90 Å². The van der Waals surface area contributed by atoms with Crippen LogP contribution in [0.2, 0.25) is 0 Å². The van der Waals surface area contributed by atoms with Crippen molar-refractivity contribution >= 4 is 40.2 Å². The monoisotopic (exact) mass is 741 g/mol. The lowest BCUT2D eigenvalue weighted by atomic mass is 9.70. The lowest BCUT2D eigenvalue weighted by molar-refractivity contribution is -0.162. The molecule has 7 rings (SSSR count). The number of aliphatic hydroxyl groups is 1. The first-order valence-corrected chi connectivity index (χ1v) is 18.9. The highest BCUT2D eigenvalue weighted by molar-refractivity contribution is 6.05. The Morgan fingerprint density at radius 2 is 1.64 bits per heavy atom. The van der Waals surface area contributed by atoms with Crippen molar-refractivity contribution < 1.29 is 33.8 Å². The number of nitrogens with one attached hydrogen (secondary N) is 1. The number of carbonyl (C=O) groups excluding carboxylic acids is 4. The van der Waals surface area contributed by atoms with Crippen LogP contribution in [-0.4, -0.2) is 70.6 Å². The molecule has 2 bridgehead atoms. The quantitative estimate of drug-likeness (QED) is 0.110. The van der Waals surface area contributed by atoms with E-state index >= 15 is 9.59 Å². The van der Waals surface area contributed by atoms with Crippen LogP contribution in [0.1, 0.15) is 55.9 Å². The van der Waals surface area contributed by atoms with Gasteiger partial charge in [-0.15, -0.1) is 13.2 Å². The van der Waals surface area contributed by atoms with E-state index in [2.05, 4.69) is 18.5 Å². The van der Waals surface area contributed by atoms with Gasteiger partial charge in [0.25, 0.3) is 5.91 Å². The van der Waals surface area contributed by atoms with Crippen molar-refractivity contribution in [2.45, 2.75) is 68.5 Å². The van der Waals surface area contributed by atoms with Crippen LogP contribution in [0.25, 0.3) is 10.8 Å². The summed E-state index contributed by atoms with van der Waals surface area (Å²) in [5.74, 6) is -3.78. The molecule has 0 aromatic heterocycles. The smallest absolute Gasteiger partial charge is 0.313 e. The Balaban J connectivity index is 1.27. The molecule has 10 nitrogen and oxygen atoms in total. The van der Waals surface area contributed by atoms with Crippen LogP contribution in [0.5, 0.6) is 0 Å². The molecule has 2 N–H and O–H groups in total. The minimum absolute atomic E-state index is 0.148. The highest BCUT2D eigenvalue weighted by Gasteiger charge is 2.76. The van der Waals surface area contributed by atoms with Crippen molar-refractivity contribution in [3.05, 3.63) is 140 Å². The maximum atomic E-state index is 15.3. The van der Waals surface area contributed by atoms with Crippen molar-refractivity contribution in [2.75, 3.05) is 18.1 Å². The fourth-order valence-electron chi connectivity index (χ4n) is 8.89. The Hall–Kier alpha value is -5.58. The lowest BCUT2D eigenvalue weighted by Crippen LogP contribution is -2.57. The number of aliphatic hydroxyl groups excluding tert-OH is 1. The third-order valence-corrected chi connectivity index (χ3v) is 11.3. The Bertz CT molecular complexity index is 2070. The van der Waals surface area contributed by atoms with Crippen molar-refractivity contribution in [3.63, 3.8) is 0 Å². The fourth-order valence-corrected chi connectivity index (χ4v) is 8.89. The molecule has 4 aromatic carbocycles. The predicted octanol–water partition coefficient (Wildman–Crippen LogP) is 6.22. The molecule has 3 aliphatic heterocycles. The second kappa shape index (κ2) is 16.0. The van der Waals surface area contributed by atoms with Gasteiger partial charge in [0, 0.05) is 18.7 Å². The summed E-state index contributed by atoms with van der Waals surface area (Å²) >= 11 is 0. The molecule has 1 spiro atoms. The van der Waals surface area contributed by atoms with E-state index in [1.807, 2.05) is 103 Å². The van der Waals surface area contributed by atoms with Crippen LogP contribution in [-0.2, 0) is 28.7 Å². The molecule has 55 heavy (non-hydrogen) atoms. The third-order valence-electron chi connectivity index (χ3n) is 11.3. The molecule has 0 aliphatic carbocycles. The number of ether oxygens (including phenoxy) is 2. The van der Waals surface area contributed by atoms with Crippen molar-refractivity contribution in [1.29, 1.82) is 0 Å². The first-order chi connectivity index (χ1) is 26.7. The molecule has 3 heterocycles. The summed E-state index contributed by atoms with van der Waals surface area (Å²) in [4.78, 5) is 60.8. The summed E-state index contributed by atoms with van der Waals surface area (Å²) in [7, 11) is 0. The minimum atomic E-state index is -1.37. The number of likely N-dealkylation sites (tertiary alicyclic amines) is 1. The van der Waals surface area contributed by atoms with Gasteiger partial charge in [-0.05, 0) is 60.2 Å². The summed E-state index contributed by atoms with van der Waals surface area (Å²) in [6, 6.07) is 29.2. The maximum Gasteiger partial charge on any atom is 0.313 e. The molecule has 8 atom stereocenters. The van der Waals surface area contributed by atoms with Crippen molar-refractivity contribution in [1.82, 2.24) is 10.2 Å². The SMILES string of the molecule is C=CCCC(=O)N[C@@H](C)[C@H](OC(=O)[C@@H]1[C@H]2C(=O)N([C@H](CO)c3ccccc3)[C@H](C(=O)N(CC=C)c3ccc4ccccc4c3)[C@]23CC[C@H]1O3)c1ccccc1. The number of hydrogen-bond acceptors (Lipinski definition) is 7. The van der Waals surface area contributed by atoms with Gasteiger partial charge in [-0.25, -0.2) is 0 Å². The molecule has 3 fully saturated rings. The Morgan fingerprint density at radius 1 is 0.964 bits per heavy atom. The van der Waals surface area contributed by atoms with Crippen LogP contribution in [0, 0.1) is 11.8 Å². The molecular formula is C45H47N3O7. The zero-order chi connectivity index (χ0) is 38.7. The third kappa shape index (κ3) is 6.96. The van der Waals surface area contributed by atoms with Gasteiger partial charge in [-0.3, -0.25) is 19.2 Å². The minimum Gasteiger partial charge on any atom is -0.455 e. The van der Waals surface area contributed by atoms with E-state index in [4.69, 9.17) is 9.47 Å². The maximum absolute atomic E-state index is 15.3. The fraction of sp³-hybridized carbons (Fsp3) is 0.333. The second-order valence-corrected chi connectivity index (χ2v) is 14.6. The Labute approximate surface area is 321 Å². The zero-order valence-corrected chi connectivity index (χ0v) is 31.0. The summed E-state index contributed by atoms with van der Waals surface area (Å²) in [6.07, 6.45) is 3.28. The topological polar surface area (TPSA) is 125 Å². The molecule has 3 saturated heterocycles. The van der Waals surface area contributed by atoms with Gasteiger partial charge >= 0.3 is 5.97 Å². The second-order valence-electron chi connectivity index (χ2n) is 14.6. The van der Waals surface area contributed by atoms with Crippen LogP contribution < -0.4 is 10.2 Å². The van der Waals surface area contributed by atoms with Crippen molar-refractivity contribution in [2.24, 2.45) is 11.8 Å². The summed E-state index contributed by atoms with van der Waals surface area (Å²) in [5.41, 5.74) is 0.577. The van der Waals surface area contributed by atoms with Crippen LogP contribution in [0.15, 0.2) is 128 Å². The number of amides is 3. The number of anilines is 1. The number of benzene rings is 4. The number of fused-ring (bicyclic) bond motifs is 2. The van der Waals surface area contributed by atoms with Gasteiger partial charge in [0.05, 0.1) is 36.6 Å². The largest absolute Gasteiger partial charge is 0.455 e. The number of nitrogens with zero attached hydrogens (tertiary/aromatic N) is 2. The van der Waals surface area contributed by atoms with Gasteiger partial charge in [0.1, 0.15) is 17.7 Å². The van der Waals surface area contributed by atoms with Gasteiger partial charge in [0.15, 0.2) is 0 Å². The Kier molecular flexibility index (Phi) is 11.0. The Morgan fingerprint density at radius 3 is 2.31 bits per heavy atom. The van der Waals surface area contributed by atoms with Gasteiger partial charge in [-0.2, -0.15) is 0 Å². The first kappa shape index (κ1) is 37.7. The summed E-state index contributed by atoms with van der Waals surface area (Å²) in [6.45, 7) is 9.10. The average Bonchev–Trinajstić information content (AvgIpc) is 3.86. The van der Waals surface area contributed by atoms with E-state index in [9.17, 15) is 14.7 Å². The van der Waals surface area contributed by atoms with E-state index in [1.54, 1.807) is 24.0 Å². The van der Waals surface area contributed by atoms with Crippen LogP contribution >= 0.6 is 0 Å². The molecule has 3 amide bonds. The number of rotatable bonds is 15. The van der Waals surface area contributed by atoms with E-state index < -0.39 is 72.2 Å².